The second kappa shape index (κ2) is 28.6. The Morgan fingerprint density at radius 3 is 2.21 bits per heavy atom. The third-order valence-corrected chi connectivity index (χ3v) is 16.6. The maximum atomic E-state index is 14.8. The summed E-state index contributed by atoms with van der Waals surface area (Å²) in [6, 6.07) is 9.45. The van der Waals surface area contributed by atoms with Crippen LogP contribution in [0, 0.1) is 29.6 Å². The molecule has 1 amide bonds. The van der Waals surface area contributed by atoms with Crippen molar-refractivity contribution in [1.82, 2.24) is 15.8 Å². The summed E-state index contributed by atoms with van der Waals surface area (Å²) in [5.41, 5.74) is 2.20. The number of hydrogen-bond donors (Lipinski definition) is 5. The van der Waals surface area contributed by atoms with Gasteiger partial charge in [0.05, 0.1) is 53.8 Å². The van der Waals surface area contributed by atoms with E-state index in [0.717, 1.165) is 18.4 Å². The lowest BCUT2D eigenvalue weighted by Crippen LogP contribution is -2.62. The first-order valence-electron chi connectivity index (χ1n) is 28.1. The van der Waals surface area contributed by atoms with E-state index in [1.807, 2.05) is 63.2 Å². The minimum Gasteiger partial charge on any atom is -0.459 e. The molecular formula is C57H96N4O15. The molecule has 0 radical (unpaired) electrons. The van der Waals surface area contributed by atoms with Gasteiger partial charge in [0.2, 0.25) is 0 Å². The molecule has 1 aliphatic carbocycles. The number of nitrogens with one attached hydrogen (secondary N) is 2. The number of hydrazine groups is 1. The number of esters is 2. The van der Waals surface area contributed by atoms with Gasteiger partial charge in [0.1, 0.15) is 23.9 Å². The summed E-state index contributed by atoms with van der Waals surface area (Å²) in [5.74, 6) is -4.13. The molecule has 434 valence electrons. The van der Waals surface area contributed by atoms with E-state index >= 15 is 0 Å². The molecule has 19 nitrogen and oxygen atoms in total. The molecule has 1 unspecified atom stereocenters. The van der Waals surface area contributed by atoms with Crippen molar-refractivity contribution in [2.45, 2.75) is 237 Å². The third-order valence-electron chi connectivity index (χ3n) is 16.6. The summed E-state index contributed by atoms with van der Waals surface area (Å²) in [6.45, 7) is 19.4. The number of amides is 1. The number of aliphatic hydroxyl groups is 3. The maximum Gasteiger partial charge on any atom is 0.422 e. The Morgan fingerprint density at radius 1 is 0.895 bits per heavy atom. The van der Waals surface area contributed by atoms with Crippen molar-refractivity contribution in [2.75, 3.05) is 34.4 Å². The summed E-state index contributed by atoms with van der Waals surface area (Å²) < 4.78 is 51.3. The minimum atomic E-state index is -1.98. The summed E-state index contributed by atoms with van der Waals surface area (Å²) in [5, 5.41) is 42.5. The zero-order valence-electron chi connectivity index (χ0n) is 48.2. The van der Waals surface area contributed by atoms with Crippen LogP contribution >= 0.6 is 0 Å². The van der Waals surface area contributed by atoms with Gasteiger partial charge in [0.25, 0.3) is 0 Å². The number of carbonyl (C=O) groups is 3. The lowest BCUT2D eigenvalue weighted by molar-refractivity contribution is -0.318. The number of carbonyl (C=O) groups excluding carboxylic acids is 3. The van der Waals surface area contributed by atoms with Crippen LogP contribution in [-0.4, -0.2) is 163 Å². The molecule has 0 bridgehead atoms. The van der Waals surface area contributed by atoms with Gasteiger partial charge < -0.3 is 63.0 Å². The highest BCUT2D eigenvalue weighted by molar-refractivity contribution is 5.88. The molecule has 4 fully saturated rings. The van der Waals surface area contributed by atoms with E-state index in [4.69, 9.17) is 47.9 Å². The van der Waals surface area contributed by atoms with E-state index < -0.39 is 126 Å². The van der Waals surface area contributed by atoms with E-state index in [0.29, 0.717) is 37.6 Å². The van der Waals surface area contributed by atoms with Crippen molar-refractivity contribution in [3.05, 3.63) is 35.9 Å². The van der Waals surface area contributed by atoms with Gasteiger partial charge in [-0.3, -0.25) is 15.0 Å². The molecule has 76 heavy (non-hydrogen) atoms. The van der Waals surface area contributed by atoms with Crippen LogP contribution < -0.4 is 10.9 Å². The third kappa shape index (κ3) is 16.8. The molecule has 1 aromatic carbocycles. The van der Waals surface area contributed by atoms with Crippen LogP contribution in [0.2, 0.25) is 0 Å². The fourth-order valence-corrected chi connectivity index (χ4v) is 12.3. The van der Waals surface area contributed by atoms with Crippen molar-refractivity contribution in [3.8, 4) is 0 Å². The molecule has 18 atom stereocenters. The predicted octanol–water partition coefficient (Wildman–Crippen LogP) is 7.00. The van der Waals surface area contributed by atoms with E-state index in [1.165, 1.54) is 53.1 Å². The van der Waals surface area contributed by atoms with Crippen molar-refractivity contribution < 1.29 is 72.4 Å². The number of ether oxygens (including phenoxy) is 8. The van der Waals surface area contributed by atoms with E-state index in [9.17, 15) is 29.7 Å². The van der Waals surface area contributed by atoms with Gasteiger partial charge >= 0.3 is 18.0 Å². The Labute approximate surface area is 453 Å². The van der Waals surface area contributed by atoms with Crippen molar-refractivity contribution >= 4 is 23.7 Å². The molecule has 19 heteroatoms. The van der Waals surface area contributed by atoms with Crippen LogP contribution in [0.15, 0.2) is 35.5 Å². The molecule has 0 aromatic heterocycles. The van der Waals surface area contributed by atoms with E-state index in [2.05, 4.69) is 10.9 Å². The average Bonchev–Trinajstić information content (AvgIpc) is 3.37. The Hall–Kier alpha value is -3.50. The lowest BCUT2D eigenvalue weighted by atomic mass is 9.73. The molecule has 1 saturated carbocycles. The summed E-state index contributed by atoms with van der Waals surface area (Å²) >= 11 is 0. The Bertz CT molecular complexity index is 1990. The first-order valence-corrected chi connectivity index (χ1v) is 28.1. The number of rotatable bonds is 18. The maximum absolute atomic E-state index is 14.8. The molecule has 3 aliphatic heterocycles. The highest BCUT2D eigenvalue weighted by atomic mass is 16.7. The Kier molecular flexibility index (Phi) is 23.8. The van der Waals surface area contributed by atoms with Crippen molar-refractivity contribution in [2.24, 2.45) is 34.7 Å². The average molecular weight is 1080 g/mol. The number of aliphatic hydroxyl groups excluding tert-OH is 1. The molecule has 5 N–H and O–H groups in total. The van der Waals surface area contributed by atoms with Crippen molar-refractivity contribution in [1.29, 1.82) is 0 Å². The highest BCUT2D eigenvalue weighted by Gasteiger charge is 2.55. The molecule has 4 aliphatic rings. The highest BCUT2D eigenvalue weighted by Crippen LogP contribution is 2.42. The van der Waals surface area contributed by atoms with Crippen LogP contribution in [0.5, 0.6) is 0 Å². The second-order valence-corrected chi connectivity index (χ2v) is 23.3. The molecule has 3 saturated heterocycles. The van der Waals surface area contributed by atoms with Crippen LogP contribution in [0.1, 0.15) is 152 Å². The van der Waals surface area contributed by atoms with Gasteiger partial charge in [-0.15, -0.1) is 0 Å². The van der Waals surface area contributed by atoms with E-state index in [1.54, 1.807) is 48.5 Å². The number of hydrogen-bond acceptors (Lipinski definition) is 18. The first-order chi connectivity index (χ1) is 35.8. The fourth-order valence-electron chi connectivity index (χ4n) is 12.3. The largest absolute Gasteiger partial charge is 0.459 e. The summed E-state index contributed by atoms with van der Waals surface area (Å²) in [7, 11) is 5.27. The number of likely N-dealkylation sites (N-methyl/N-ethyl adjacent to an activating group) is 1. The number of oxime groups is 1. The number of cyclic esters (lactones) is 1. The van der Waals surface area contributed by atoms with Gasteiger partial charge in [-0.25, -0.2) is 10.2 Å². The molecule has 3 heterocycles. The first kappa shape index (κ1) is 63.3. The number of methoxy groups -OCH3 is 1. The zero-order chi connectivity index (χ0) is 56.1. The Morgan fingerprint density at radius 2 is 1.58 bits per heavy atom. The van der Waals surface area contributed by atoms with Crippen LogP contribution in [-0.2, 0) is 58.7 Å². The summed E-state index contributed by atoms with van der Waals surface area (Å²) in [6.07, 6.45) is -1.94. The molecule has 5 rings (SSSR count). The molecule has 1 aromatic rings. The minimum absolute atomic E-state index is 0.0340. The van der Waals surface area contributed by atoms with Gasteiger partial charge in [0, 0.05) is 44.8 Å². The number of nitrogens with zero attached hydrogens (tertiary/aromatic N) is 2. The quantitative estimate of drug-likeness (QED) is 0.0431. The SMILES string of the molecule is CC[C@@H]1OC(=O)[C@H](C)[C@@H](O[C@H]2C[C@@](C)(OC)[C@@H](OC(C)=O)[C@H](C)O2)[C@H](C)[C@@H](O[C@@H]2O[C@H](C)C[C@H](N(C)C)[C@H]2OC(=O)NNCCc2ccccc2)C(C)(O)C[C@@H](C)/C(=N\OCCCC2CCCCC2)[C@@H](C)[C@@H](O)[C@]1(C)O. The number of benzene rings is 1. The lowest BCUT2D eigenvalue weighted by Gasteiger charge is -2.49. The molecule has 0 spiro atoms. The topological polar surface area (TPSA) is 235 Å². The van der Waals surface area contributed by atoms with Gasteiger partial charge in [-0.1, -0.05) is 95.3 Å². The van der Waals surface area contributed by atoms with Gasteiger partial charge in [0.15, 0.2) is 24.8 Å². The van der Waals surface area contributed by atoms with Crippen molar-refractivity contribution in [3.63, 3.8) is 0 Å². The normalized spacial score (nSPS) is 38.9. The van der Waals surface area contributed by atoms with Gasteiger partial charge in [-0.2, -0.15) is 0 Å². The zero-order valence-corrected chi connectivity index (χ0v) is 48.2. The fraction of sp³-hybridized carbons (Fsp3) is 0.825. The summed E-state index contributed by atoms with van der Waals surface area (Å²) in [4.78, 5) is 48.9. The van der Waals surface area contributed by atoms with Crippen LogP contribution in [0.3, 0.4) is 0 Å². The van der Waals surface area contributed by atoms with Crippen LogP contribution in [0.25, 0.3) is 0 Å². The predicted molar refractivity (Wildman–Crippen MR) is 286 cm³/mol. The van der Waals surface area contributed by atoms with E-state index in [-0.39, 0.29) is 19.3 Å². The molecular weight excluding hydrogens is 981 g/mol. The van der Waals surface area contributed by atoms with Gasteiger partial charge in [-0.05, 0) is 106 Å². The monoisotopic (exact) mass is 1080 g/mol. The Balaban J connectivity index is 1.58. The second-order valence-electron chi connectivity index (χ2n) is 23.3. The van der Waals surface area contributed by atoms with Crippen LogP contribution in [0.4, 0.5) is 4.79 Å². The smallest absolute Gasteiger partial charge is 0.422 e. The standard InChI is InChI=1S/C57H96N4O15/c1-15-44-57(11,67)49(63)36(4)46(60-69-30-22-27-41-23-18-16-19-24-41)34(2)32-55(9,66)50(37(5)47(38(6)52(64)73-44)74-45-33-56(10,68-14)51(39(7)71-45)72-40(8)62)76-53-48(43(61(12)13)31-35(3)70-53)75-54(65)59-58-29-28-42-25-20-17-21-26-42/h17,20-21,25-26,34-39,41,43-45,47-51,53,58,63,66-67H,15-16,18-19,22-24,27-33H2,1-14H3,(H,59,65)/b60-46+/t34-,35-,36-,37+,38-,39+,43+,44+,45+,47+,48-,49-,50-,51+,53+,55?,56-,57-/m1/s1.